The van der Waals surface area contributed by atoms with Crippen LogP contribution in [0.5, 0.6) is 5.75 Å². The van der Waals surface area contributed by atoms with E-state index in [4.69, 9.17) is 10.5 Å². The van der Waals surface area contributed by atoms with Crippen molar-refractivity contribution >= 4 is 38.5 Å². The summed E-state index contributed by atoms with van der Waals surface area (Å²) in [5.41, 5.74) is 9.21. The Bertz CT molecular complexity index is 1420. The number of amides is 1. The molecule has 2 aliphatic heterocycles. The van der Waals surface area contributed by atoms with Crippen molar-refractivity contribution in [2.24, 2.45) is 16.0 Å². The van der Waals surface area contributed by atoms with Gasteiger partial charge < -0.3 is 15.4 Å². The Hall–Kier alpha value is -3.66. The second kappa shape index (κ2) is 8.60. The summed E-state index contributed by atoms with van der Waals surface area (Å²) in [7, 11) is -3.85. The summed E-state index contributed by atoms with van der Waals surface area (Å²) in [5.74, 6) is 0.470. The van der Waals surface area contributed by atoms with E-state index in [-0.39, 0.29) is 17.7 Å². The highest BCUT2D eigenvalue weighted by Crippen LogP contribution is 2.31. The number of aryl methyl sites for hydroxylation is 1. The van der Waals surface area contributed by atoms with Crippen LogP contribution in [-0.2, 0) is 10.2 Å². The molecule has 176 valence electrons. The van der Waals surface area contributed by atoms with Gasteiger partial charge in [-0.1, -0.05) is 17.7 Å². The Morgan fingerprint density at radius 1 is 1.26 bits per heavy atom. The molecule has 0 spiro atoms. The van der Waals surface area contributed by atoms with E-state index in [1.807, 2.05) is 30.0 Å². The first kappa shape index (κ1) is 22.1. The number of hydrogen-bond donors (Lipinski definition) is 2. The fourth-order valence-corrected chi connectivity index (χ4v) is 5.39. The average Bonchev–Trinajstić information content (AvgIpc) is 2.81. The van der Waals surface area contributed by atoms with Crippen LogP contribution in [0.1, 0.15) is 34.3 Å². The predicted octanol–water partition coefficient (Wildman–Crippen LogP) is 2.85. The lowest BCUT2D eigenvalue weighted by atomic mass is 9.97. The van der Waals surface area contributed by atoms with Crippen molar-refractivity contribution in [3.63, 3.8) is 0 Å². The van der Waals surface area contributed by atoms with Crippen molar-refractivity contribution in [1.29, 1.82) is 0 Å². The third-order valence-corrected chi connectivity index (χ3v) is 7.06. The van der Waals surface area contributed by atoms with Gasteiger partial charge in [-0.25, -0.2) is 0 Å². The Labute approximate surface area is 197 Å². The molecule has 34 heavy (non-hydrogen) atoms. The highest BCUT2D eigenvalue weighted by Gasteiger charge is 2.28. The number of fused-ring (bicyclic) bond motifs is 2. The maximum atomic E-state index is 13.4. The number of piperidine rings is 1. The van der Waals surface area contributed by atoms with Crippen LogP contribution < -0.4 is 15.2 Å². The van der Waals surface area contributed by atoms with Crippen LogP contribution in [0.15, 0.2) is 53.1 Å². The van der Waals surface area contributed by atoms with E-state index in [2.05, 4.69) is 14.1 Å². The monoisotopic (exact) mass is 479 g/mol. The molecule has 5 rings (SSSR count). The SMILES string of the molecule is Cc1ccc2nccc(C(=O)N3CCC[C@H](COc4cccc5c4C(N)=NS(=O)(=O)N5)C3)c2c1. The van der Waals surface area contributed by atoms with Gasteiger partial charge in [0.05, 0.1) is 28.9 Å². The number of anilines is 1. The molecule has 9 nitrogen and oxygen atoms in total. The summed E-state index contributed by atoms with van der Waals surface area (Å²) in [5, 5.41) is 0.860. The lowest BCUT2D eigenvalue weighted by Gasteiger charge is -2.33. The molecule has 0 unspecified atom stereocenters. The molecule has 0 saturated carbocycles. The molecule has 0 bridgehead atoms. The summed E-state index contributed by atoms with van der Waals surface area (Å²) in [6.45, 7) is 3.63. The highest BCUT2D eigenvalue weighted by atomic mass is 32.2. The number of nitrogens with one attached hydrogen (secondary N) is 1. The summed E-state index contributed by atoms with van der Waals surface area (Å²) in [4.78, 5) is 19.7. The van der Waals surface area contributed by atoms with Crippen LogP contribution in [0.4, 0.5) is 5.69 Å². The minimum absolute atomic E-state index is 0.00873. The van der Waals surface area contributed by atoms with E-state index in [9.17, 15) is 13.2 Å². The number of rotatable bonds is 4. The molecule has 1 atom stereocenters. The minimum Gasteiger partial charge on any atom is -0.492 e. The zero-order valence-corrected chi connectivity index (χ0v) is 19.5. The van der Waals surface area contributed by atoms with Crippen LogP contribution in [0.2, 0.25) is 0 Å². The molecular weight excluding hydrogens is 454 g/mol. The van der Waals surface area contributed by atoms with Gasteiger partial charge in [-0.2, -0.15) is 8.42 Å². The molecule has 1 fully saturated rings. The van der Waals surface area contributed by atoms with Crippen molar-refractivity contribution in [3.8, 4) is 5.75 Å². The molecule has 3 N–H and O–H groups in total. The van der Waals surface area contributed by atoms with Gasteiger partial charge in [0.25, 0.3) is 5.91 Å². The molecule has 3 heterocycles. The van der Waals surface area contributed by atoms with Crippen molar-refractivity contribution in [1.82, 2.24) is 9.88 Å². The lowest BCUT2D eigenvalue weighted by Crippen LogP contribution is -2.41. The average molecular weight is 480 g/mol. The van der Waals surface area contributed by atoms with E-state index < -0.39 is 10.2 Å². The minimum atomic E-state index is -3.85. The van der Waals surface area contributed by atoms with Crippen LogP contribution >= 0.6 is 0 Å². The number of hydrogen-bond acceptors (Lipinski definition) is 6. The molecule has 0 radical (unpaired) electrons. The largest absolute Gasteiger partial charge is 0.492 e. The topological polar surface area (TPSA) is 127 Å². The summed E-state index contributed by atoms with van der Waals surface area (Å²) in [6.07, 6.45) is 3.47. The zero-order chi connectivity index (χ0) is 23.9. The molecule has 1 aromatic heterocycles. The Morgan fingerprint density at radius 2 is 2.12 bits per heavy atom. The molecule has 2 aromatic carbocycles. The van der Waals surface area contributed by atoms with Gasteiger partial charge in [0.2, 0.25) is 0 Å². The van der Waals surface area contributed by atoms with E-state index in [1.54, 1.807) is 30.5 Å². The van der Waals surface area contributed by atoms with E-state index in [0.717, 1.165) is 29.3 Å². The summed E-state index contributed by atoms with van der Waals surface area (Å²) in [6, 6.07) is 12.7. The second-order valence-electron chi connectivity index (χ2n) is 8.68. The molecule has 1 saturated heterocycles. The first-order chi connectivity index (χ1) is 16.3. The number of pyridine rings is 1. The molecule has 0 aliphatic carbocycles. The third-order valence-electron chi connectivity index (χ3n) is 6.15. The van der Waals surface area contributed by atoms with Crippen molar-refractivity contribution in [2.45, 2.75) is 19.8 Å². The van der Waals surface area contributed by atoms with Gasteiger partial charge >= 0.3 is 10.2 Å². The van der Waals surface area contributed by atoms with E-state index >= 15 is 0 Å². The Balaban J connectivity index is 1.31. The number of nitrogens with zero attached hydrogens (tertiary/aromatic N) is 3. The van der Waals surface area contributed by atoms with Gasteiger partial charge in [-0.05, 0) is 50.1 Å². The number of amidine groups is 1. The van der Waals surface area contributed by atoms with E-state index in [1.165, 1.54) is 0 Å². The highest BCUT2D eigenvalue weighted by molar-refractivity contribution is 7.91. The summed E-state index contributed by atoms with van der Waals surface area (Å²) < 4.78 is 35.6. The van der Waals surface area contributed by atoms with E-state index in [0.29, 0.717) is 42.3 Å². The van der Waals surface area contributed by atoms with Crippen LogP contribution in [0.25, 0.3) is 10.9 Å². The number of carbonyl (C=O) groups excluding carboxylic acids is 1. The quantitative estimate of drug-likeness (QED) is 0.592. The first-order valence-corrected chi connectivity index (χ1v) is 12.5. The third kappa shape index (κ3) is 4.28. The van der Waals surface area contributed by atoms with Gasteiger partial charge in [-0.3, -0.25) is 14.5 Å². The molecule has 2 aliphatic rings. The molecular formula is C24H25N5O4S. The smallest absolute Gasteiger partial charge is 0.344 e. The Morgan fingerprint density at radius 3 is 2.97 bits per heavy atom. The van der Waals surface area contributed by atoms with Gasteiger partial charge in [0, 0.05) is 30.6 Å². The molecule has 1 amide bonds. The molecule has 3 aromatic rings. The number of aromatic nitrogens is 1. The number of ether oxygens (including phenoxy) is 1. The maximum absolute atomic E-state index is 13.4. The number of carbonyl (C=O) groups is 1. The maximum Gasteiger partial charge on any atom is 0.344 e. The van der Waals surface area contributed by atoms with Crippen LogP contribution in [-0.4, -0.2) is 49.7 Å². The van der Waals surface area contributed by atoms with Gasteiger partial charge in [0.15, 0.2) is 5.84 Å². The van der Waals surface area contributed by atoms with Crippen molar-refractivity contribution < 1.29 is 17.9 Å². The van der Waals surface area contributed by atoms with Gasteiger partial charge in [-0.15, -0.1) is 4.40 Å². The lowest BCUT2D eigenvalue weighted by molar-refractivity contribution is 0.0635. The van der Waals surface area contributed by atoms with Crippen molar-refractivity contribution in [3.05, 3.63) is 65.4 Å². The Kier molecular flexibility index (Phi) is 5.60. The second-order valence-corrected chi connectivity index (χ2v) is 10.0. The summed E-state index contributed by atoms with van der Waals surface area (Å²) >= 11 is 0. The number of likely N-dealkylation sites (tertiary alicyclic amines) is 1. The zero-order valence-electron chi connectivity index (χ0n) is 18.7. The van der Waals surface area contributed by atoms with Crippen molar-refractivity contribution in [2.75, 3.05) is 24.4 Å². The standard InChI is InChI=1S/C24H25N5O4S/c1-15-7-8-19-18(12-15)17(9-10-26-19)24(30)29-11-3-4-16(13-29)14-33-21-6-2-5-20-22(21)23(25)28-34(31,32)27-20/h2,5-10,12,16,27H,3-4,11,13-14H2,1H3,(H2,25,28)/t16-/m0/s1. The molecule has 10 heteroatoms. The first-order valence-electron chi connectivity index (χ1n) is 11.1. The normalized spacial score (nSPS) is 19.1. The van der Waals surface area contributed by atoms with Crippen LogP contribution in [0, 0.1) is 12.8 Å². The van der Waals surface area contributed by atoms with Crippen LogP contribution in [0.3, 0.4) is 0 Å². The fourth-order valence-electron chi connectivity index (χ4n) is 4.55. The fraction of sp³-hybridized carbons (Fsp3) is 0.292. The number of benzene rings is 2. The van der Waals surface area contributed by atoms with Gasteiger partial charge in [0.1, 0.15) is 5.75 Å². The predicted molar refractivity (Wildman–Crippen MR) is 130 cm³/mol. The number of nitrogens with two attached hydrogens (primary N) is 1.